The number of carbonyl (C=O) groups is 1. The molecule has 3 aromatic rings. The number of aliphatic hydroxyl groups is 1. The van der Waals surface area contributed by atoms with Crippen LogP contribution in [0.3, 0.4) is 0 Å². The molecule has 2 fully saturated rings. The normalized spacial score (nSPS) is 19.4. The highest BCUT2D eigenvalue weighted by Gasteiger charge is 2.32. The second-order valence-electron chi connectivity index (χ2n) is 10.9. The van der Waals surface area contributed by atoms with E-state index >= 15 is 0 Å². The van der Waals surface area contributed by atoms with E-state index in [1.165, 1.54) is 6.42 Å². The summed E-state index contributed by atoms with van der Waals surface area (Å²) >= 11 is 0. The molecule has 40 heavy (non-hydrogen) atoms. The molecule has 0 unspecified atom stereocenters. The van der Waals surface area contributed by atoms with Crippen molar-refractivity contribution in [3.63, 3.8) is 0 Å². The van der Waals surface area contributed by atoms with Crippen molar-refractivity contribution in [1.82, 2.24) is 15.0 Å². The van der Waals surface area contributed by atoms with Crippen molar-refractivity contribution in [3.8, 4) is 17.0 Å². The lowest BCUT2D eigenvalue weighted by atomic mass is 9.79. The van der Waals surface area contributed by atoms with Crippen LogP contribution < -0.4 is 9.64 Å². The molecule has 0 saturated heterocycles. The highest BCUT2D eigenvalue weighted by atomic mass is 16.5. The highest BCUT2D eigenvalue weighted by molar-refractivity contribution is 5.94. The fourth-order valence-electron chi connectivity index (χ4n) is 6.11. The van der Waals surface area contributed by atoms with Gasteiger partial charge in [0.1, 0.15) is 23.5 Å². The van der Waals surface area contributed by atoms with E-state index < -0.39 is 0 Å². The first-order valence-electron chi connectivity index (χ1n) is 14.7. The Balaban J connectivity index is 0.00000181. The quantitative estimate of drug-likeness (QED) is 0.342. The van der Waals surface area contributed by atoms with Crippen molar-refractivity contribution in [3.05, 3.63) is 54.0 Å². The molecule has 8 nitrogen and oxygen atoms in total. The zero-order valence-electron chi connectivity index (χ0n) is 24.4. The van der Waals surface area contributed by atoms with Gasteiger partial charge in [0, 0.05) is 49.4 Å². The van der Waals surface area contributed by atoms with E-state index in [-0.39, 0.29) is 11.8 Å². The number of methoxy groups -OCH3 is 1. The number of anilines is 1. The van der Waals surface area contributed by atoms with E-state index in [1.807, 2.05) is 36.9 Å². The Morgan fingerprint density at radius 2 is 1.80 bits per heavy atom. The minimum Gasteiger partial charge on any atom is -0.495 e. The summed E-state index contributed by atoms with van der Waals surface area (Å²) in [6.45, 7) is 4.75. The second-order valence-corrected chi connectivity index (χ2v) is 10.9. The molecule has 0 radical (unpaired) electrons. The van der Waals surface area contributed by atoms with Crippen LogP contribution in [-0.2, 0) is 11.2 Å². The van der Waals surface area contributed by atoms with Crippen LogP contribution in [0.4, 0.5) is 5.82 Å². The number of ether oxygens (including phenoxy) is 1. The maximum Gasteiger partial charge on any atom is 0.231 e. The van der Waals surface area contributed by atoms with Gasteiger partial charge in [0.05, 0.1) is 12.8 Å². The third kappa shape index (κ3) is 7.08. The molecule has 0 aliphatic heterocycles. The van der Waals surface area contributed by atoms with Crippen molar-refractivity contribution in [2.75, 3.05) is 25.7 Å². The number of rotatable bonds is 8. The molecule has 216 valence electrons. The second kappa shape index (κ2) is 14.4. The van der Waals surface area contributed by atoms with Gasteiger partial charge in [0.15, 0.2) is 5.89 Å². The minimum atomic E-state index is 0.0933. The van der Waals surface area contributed by atoms with Gasteiger partial charge < -0.3 is 14.3 Å². The van der Waals surface area contributed by atoms with Crippen LogP contribution in [0.1, 0.15) is 87.9 Å². The summed E-state index contributed by atoms with van der Waals surface area (Å²) in [5.74, 6) is 3.52. The van der Waals surface area contributed by atoms with Crippen LogP contribution in [0, 0.1) is 18.8 Å². The van der Waals surface area contributed by atoms with E-state index in [1.54, 1.807) is 19.6 Å². The first-order chi connectivity index (χ1) is 19.6. The SMILES string of the molecule is CCc1nc(-c2ccnc(N(CC3CCC(c4ccc(OC)c(C)n4)CC3)C(=O)C3CCCCC3)c2)co1.CO. The summed E-state index contributed by atoms with van der Waals surface area (Å²) < 4.78 is 11.0. The van der Waals surface area contributed by atoms with Gasteiger partial charge >= 0.3 is 0 Å². The molecule has 3 aromatic heterocycles. The molecule has 0 aromatic carbocycles. The lowest BCUT2D eigenvalue weighted by molar-refractivity contribution is -0.123. The van der Waals surface area contributed by atoms with E-state index in [2.05, 4.69) is 16.0 Å². The number of hydrogen-bond donors (Lipinski definition) is 1. The molecule has 2 aliphatic carbocycles. The van der Waals surface area contributed by atoms with Gasteiger partial charge in [-0.2, -0.15) is 0 Å². The molecular formula is C32H44N4O4. The molecule has 2 aliphatic rings. The van der Waals surface area contributed by atoms with Gasteiger partial charge in [0.2, 0.25) is 5.91 Å². The number of aliphatic hydroxyl groups excluding tert-OH is 1. The van der Waals surface area contributed by atoms with Crippen molar-refractivity contribution in [1.29, 1.82) is 0 Å². The van der Waals surface area contributed by atoms with Gasteiger partial charge in [-0.25, -0.2) is 9.97 Å². The van der Waals surface area contributed by atoms with Crippen molar-refractivity contribution in [2.45, 2.75) is 84.0 Å². The predicted molar refractivity (Wildman–Crippen MR) is 156 cm³/mol. The number of carbonyl (C=O) groups excluding carboxylic acids is 1. The Kier molecular flexibility index (Phi) is 10.7. The van der Waals surface area contributed by atoms with Gasteiger partial charge in [-0.1, -0.05) is 26.2 Å². The van der Waals surface area contributed by atoms with Crippen LogP contribution in [0.15, 0.2) is 41.1 Å². The Morgan fingerprint density at radius 3 is 2.45 bits per heavy atom. The Bertz CT molecular complexity index is 1230. The fraction of sp³-hybridized carbons (Fsp3) is 0.562. The summed E-state index contributed by atoms with van der Waals surface area (Å²) in [5, 5.41) is 7.00. The fourth-order valence-corrected chi connectivity index (χ4v) is 6.11. The summed E-state index contributed by atoms with van der Waals surface area (Å²) in [4.78, 5) is 30.0. The molecule has 0 atom stereocenters. The van der Waals surface area contributed by atoms with Crippen LogP contribution in [-0.4, -0.2) is 46.7 Å². The number of nitrogens with zero attached hydrogens (tertiary/aromatic N) is 4. The standard InChI is InChI=1S/C31H40N4O3.CH4O/c1-4-30-34-27(20-38-30)25-16-17-32-29(18-25)35(31(36)24-8-6-5-7-9-24)19-22-10-12-23(13-11-22)26-14-15-28(37-3)21(2)33-26;1-2/h14-18,20,22-24H,4-13,19H2,1-3H3;2H,1H3. The molecule has 2 saturated carbocycles. The average molecular weight is 549 g/mol. The number of amides is 1. The number of aromatic nitrogens is 3. The van der Waals surface area contributed by atoms with E-state index in [9.17, 15) is 4.79 Å². The number of pyridine rings is 2. The largest absolute Gasteiger partial charge is 0.495 e. The maximum absolute atomic E-state index is 13.9. The Morgan fingerprint density at radius 1 is 1.05 bits per heavy atom. The lowest BCUT2D eigenvalue weighted by Gasteiger charge is -2.34. The molecule has 1 N–H and O–H groups in total. The van der Waals surface area contributed by atoms with Gasteiger partial charge in [0.25, 0.3) is 0 Å². The molecule has 1 amide bonds. The predicted octanol–water partition coefficient (Wildman–Crippen LogP) is 6.51. The van der Waals surface area contributed by atoms with Crippen LogP contribution in [0.5, 0.6) is 5.75 Å². The van der Waals surface area contributed by atoms with Crippen molar-refractivity contribution in [2.24, 2.45) is 11.8 Å². The monoisotopic (exact) mass is 548 g/mol. The van der Waals surface area contributed by atoms with Crippen molar-refractivity contribution >= 4 is 11.7 Å². The van der Waals surface area contributed by atoms with Gasteiger partial charge in [-0.3, -0.25) is 14.7 Å². The maximum atomic E-state index is 13.9. The average Bonchev–Trinajstić information content (AvgIpc) is 3.51. The molecule has 0 bridgehead atoms. The lowest BCUT2D eigenvalue weighted by Crippen LogP contribution is -2.41. The first kappa shape index (κ1) is 29.7. The number of oxazole rings is 1. The van der Waals surface area contributed by atoms with Crippen molar-refractivity contribution < 1.29 is 19.1 Å². The first-order valence-corrected chi connectivity index (χ1v) is 14.7. The van der Waals surface area contributed by atoms with Gasteiger partial charge in [-0.05, 0) is 75.6 Å². The minimum absolute atomic E-state index is 0.0933. The highest BCUT2D eigenvalue weighted by Crippen LogP contribution is 2.37. The van der Waals surface area contributed by atoms with E-state index in [0.717, 1.165) is 99.1 Å². The molecular weight excluding hydrogens is 504 g/mol. The molecule has 0 spiro atoms. The third-order valence-corrected chi connectivity index (χ3v) is 8.38. The smallest absolute Gasteiger partial charge is 0.231 e. The zero-order valence-corrected chi connectivity index (χ0v) is 24.4. The summed E-state index contributed by atoms with van der Waals surface area (Å²) in [5.41, 5.74) is 3.83. The molecule has 8 heteroatoms. The summed E-state index contributed by atoms with van der Waals surface area (Å²) in [6, 6.07) is 8.09. The zero-order chi connectivity index (χ0) is 28.5. The third-order valence-electron chi connectivity index (χ3n) is 8.38. The van der Waals surface area contributed by atoms with E-state index in [4.69, 9.17) is 19.2 Å². The molecule has 3 heterocycles. The van der Waals surface area contributed by atoms with E-state index in [0.29, 0.717) is 24.3 Å². The number of hydrogen-bond acceptors (Lipinski definition) is 7. The van der Waals surface area contributed by atoms with Gasteiger partial charge in [-0.15, -0.1) is 0 Å². The summed E-state index contributed by atoms with van der Waals surface area (Å²) in [7, 11) is 2.69. The van der Waals surface area contributed by atoms with Crippen LogP contribution in [0.25, 0.3) is 11.3 Å². The van der Waals surface area contributed by atoms with Crippen LogP contribution >= 0.6 is 0 Å². The Hall–Kier alpha value is -3.26. The summed E-state index contributed by atoms with van der Waals surface area (Å²) in [6.07, 6.45) is 14.0. The number of aryl methyl sites for hydroxylation is 2. The Labute approximate surface area is 238 Å². The topological polar surface area (TPSA) is 102 Å². The van der Waals surface area contributed by atoms with Crippen LogP contribution in [0.2, 0.25) is 0 Å². The molecule has 5 rings (SSSR count).